The Morgan fingerprint density at radius 2 is 1.76 bits per heavy atom. The minimum Gasteiger partial charge on any atom is -0.307 e. The Hall–Kier alpha value is -2.33. The van der Waals surface area contributed by atoms with Gasteiger partial charge in [0.25, 0.3) is 0 Å². The number of benzene rings is 2. The fraction of sp³-hybridized carbons (Fsp3) is 0.176. The largest absolute Gasteiger partial charge is 0.307 e. The predicted octanol–water partition coefficient (Wildman–Crippen LogP) is 3.47. The molecular weight excluding hydrogens is 265 g/mol. The number of halogens is 1. The Morgan fingerprint density at radius 3 is 2.52 bits per heavy atom. The first-order valence-electron chi connectivity index (χ1n) is 6.97. The summed E-state index contributed by atoms with van der Waals surface area (Å²) in [5.41, 5.74) is 3.65. The maximum Gasteiger partial charge on any atom is 0.123 e. The van der Waals surface area contributed by atoms with Gasteiger partial charge in [0, 0.05) is 12.4 Å². The molecular formula is C17H16FN3. The van der Waals surface area contributed by atoms with E-state index < -0.39 is 0 Å². The van der Waals surface area contributed by atoms with Crippen molar-refractivity contribution >= 4 is 11.0 Å². The molecule has 3 aromatic rings. The molecule has 3 nitrogen and oxygen atoms in total. The van der Waals surface area contributed by atoms with Crippen molar-refractivity contribution in [1.29, 1.82) is 0 Å². The molecule has 21 heavy (non-hydrogen) atoms. The molecule has 1 atom stereocenters. The number of rotatable bonds is 4. The third kappa shape index (κ3) is 2.90. The summed E-state index contributed by atoms with van der Waals surface area (Å²) in [7, 11) is 0. The summed E-state index contributed by atoms with van der Waals surface area (Å²) in [4.78, 5) is 8.60. The average molecular weight is 281 g/mol. The zero-order valence-corrected chi connectivity index (χ0v) is 11.8. The zero-order chi connectivity index (χ0) is 14.7. The minimum atomic E-state index is -0.226. The van der Waals surface area contributed by atoms with Crippen molar-refractivity contribution in [1.82, 2.24) is 15.3 Å². The molecule has 0 spiro atoms. The molecule has 0 amide bonds. The van der Waals surface area contributed by atoms with Crippen molar-refractivity contribution in [2.75, 3.05) is 6.54 Å². The molecule has 4 heteroatoms. The van der Waals surface area contributed by atoms with Crippen LogP contribution in [0.5, 0.6) is 0 Å². The van der Waals surface area contributed by atoms with E-state index in [9.17, 15) is 4.39 Å². The standard InChI is InChI=1S/C17H16FN3/c1-2-19-17(12-4-3-5-14(18)10-12)13-6-7-15-16(11-13)21-9-8-20-15/h3-11,17,19H,2H2,1H3. The molecule has 0 aliphatic rings. The molecule has 0 aliphatic carbocycles. The van der Waals surface area contributed by atoms with E-state index in [0.29, 0.717) is 0 Å². The zero-order valence-electron chi connectivity index (χ0n) is 11.8. The maximum absolute atomic E-state index is 13.5. The lowest BCUT2D eigenvalue weighted by Crippen LogP contribution is -2.22. The van der Waals surface area contributed by atoms with Crippen LogP contribution in [0.4, 0.5) is 4.39 Å². The van der Waals surface area contributed by atoms with E-state index in [-0.39, 0.29) is 11.9 Å². The number of hydrogen-bond acceptors (Lipinski definition) is 3. The van der Waals surface area contributed by atoms with Gasteiger partial charge in [0.1, 0.15) is 5.82 Å². The molecule has 3 rings (SSSR count). The van der Waals surface area contributed by atoms with Crippen molar-refractivity contribution in [3.05, 3.63) is 71.8 Å². The van der Waals surface area contributed by atoms with E-state index >= 15 is 0 Å². The van der Waals surface area contributed by atoms with Crippen molar-refractivity contribution in [2.45, 2.75) is 13.0 Å². The van der Waals surface area contributed by atoms with Crippen LogP contribution < -0.4 is 5.32 Å². The third-order valence-corrected chi connectivity index (χ3v) is 3.42. The number of aromatic nitrogens is 2. The number of nitrogens with zero attached hydrogens (tertiary/aromatic N) is 2. The maximum atomic E-state index is 13.5. The average Bonchev–Trinajstić information content (AvgIpc) is 2.52. The van der Waals surface area contributed by atoms with E-state index in [4.69, 9.17) is 0 Å². The number of fused-ring (bicyclic) bond motifs is 1. The van der Waals surface area contributed by atoms with Crippen LogP contribution in [0.25, 0.3) is 11.0 Å². The van der Waals surface area contributed by atoms with Crippen molar-refractivity contribution in [3.8, 4) is 0 Å². The molecule has 1 aromatic heterocycles. The monoisotopic (exact) mass is 281 g/mol. The Morgan fingerprint density at radius 1 is 1.00 bits per heavy atom. The van der Waals surface area contributed by atoms with Crippen molar-refractivity contribution in [2.24, 2.45) is 0 Å². The SMILES string of the molecule is CCNC(c1cccc(F)c1)c1ccc2nccnc2c1. The van der Waals surface area contributed by atoms with Crippen LogP contribution in [-0.4, -0.2) is 16.5 Å². The highest BCUT2D eigenvalue weighted by Gasteiger charge is 2.14. The molecule has 0 radical (unpaired) electrons. The second kappa shape index (κ2) is 5.97. The Bertz CT molecular complexity index is 758. The molecule has 106 valence electrons. The van der Waals surface area contributed by atoms with Gasteiger partial charge in [-0.3, -0.25) is 9.97 Å². The van der Waals surface area contributed by atoms with Crippen LogP contribution in [-0.2, 0) is 0 Å². The van der Waals surface area contributed by atoms with Gasteiger partial charge in [-0.1, -0.05) is 25.1 Å². The molecule has 0 saturated heterocycles. The van der Waals surface area contributed by atoms with Gasteiger partial charge in [-0.15, -0.1) is 0 Å². The molecule has 0 saturated carbocycles. The van der Waals surface area contributed by atoms with E-state index in [0.717, 1.165) is 28.7 Å². The van der Waals surface area contributed by atoms with Crippen LogP contribution in [0.1, 0.15) is 24.1 Å². The molecule has 2 aromatic carbocycles. The van der Waals surface area contributed by atoms with E-state index in [1.807, 2.05) is 31.2 Å². The summed E-state index contributed by atoms with van der Waals surface area (Å²) in [6, 6.07) is 12.6. The summed E-state index contributed by atoms with van der Waals surface area (Å²) < 4.78 is 13.5. The fourth-order valence-corrected chi connectivity index (χ4v) is 2.48. The van der Waals surface area contributed by atoms with Crippen LogP contribution in [0, 0.1) is 5.82 Å². The van der Waals surface area contributed by atoms with Crippen molar-refractivity contribution in [3.63, 3.8) is 0 Å². The number of nitrogens with one attached hydrogen (secondary N) is 1. The van der Waals surface area contributed by atoms with Crippen molar-refractivity contribution < 1.29 is 4.39 Å². The van der Waals surface area contributed by atoms with Gasteiger partial charge in [-0.2, -0.15) is 0 Å². The molecule has 0 aliphatic heterocycles. The van der Waals surface area contributed by atoms with E-state index in [2.05, 4.69) is 15.3 Å². The van der Waals surface area contributed by atoms with Gasteiger partial charge in [-0.25, -0.2) is 4.39 Å². The smallest absolute Gasteiger partial charge is 0.123 e. The lowest BCUT2D eigenvalue weighted by molar-refractivity contribution is 0.603. The molecule has 0 fully saturated rings. The second-order valence-corrected chi connectivity index (χ2v) is 4.85. The predicted molar refractivity (Wildman–Crippen MR) is 81.5 cm³/mol. The van der Waals surface area contributed by atoms with E-state index in [1.165, 1.54) is 6.07 Å². The number of hydrogen-bond donors (Lipinski definition) is 1. The summed E-state index contributed by atoms with van der Waals surface area (Å²) in [6.45, 7) is 2.83. The second-order valence-electron chi connectivity index (χ2n) is 4.85. The highest BCUT2D eigenvalue weighted by Crippen LogP contribution is 2.24. The first-order chi connectivity index (χ1) is 10.3. The Balaban J connectivity index is 2.06. The summed E-state index contributed by atoms with van der Waals surface area (Å²) in [5.74, 6) is -0.226. The molecule has 1 unspecified atom stereocenters. The molecule has 0 bridgehead atoms. The lowest BCUT2D eigenvalue weighted by Gasteiger charge is -2.19. The first-order valence-corrected chi connectivity index (χ1v) is 6.97. The van der Waals surface area contributed by atoms with Crippen LogP contribution in [0.15, 0.2) is 54.9 Å². The topological polar surface area (TPSA) is 37.8 Å². The Labute approximate surface area is 122 Å². The minimum absolute atomic E-state index is 0.0582. The van der Waals surface area contributed by atoms with E-state index in [1.54, 1.807) is 24.5 Å². The summed E-state index contributed by atoms with van der Waals surface area (Å²) >= 11 is 0. The van der Waals surface area contributed by atoms with Gasteiger partial charge < -0.3 is 5.32 Å². The quantitative estimate of drug-likeness (QED) is 0.795. The molecule has 1 heterocycles. The Kier molecular flexibility index (Phi) is 3.88. The summed E-state index contributed by atoms with van der Waals surface area (Å²) in [5, 5.41) is 3.39. The van der Waals surface area contributed by atoms with Crippen LogP contribution in [0.2, 0.25) is 0 Å². The normalized spacial score (nSPS) is 12.5. The highest BCUT2D eigenvalue weighted by molar-refractivity contribution is 5.74. The van der Waals surface area contributed by atoms with Gasteiger partial charge in [-0.05, 0) is 41.9 Å². The van der Waals surface area contributed by atoms with Gasteiger partial charge in [0.05, 0.1) is 17.1 Å². The highest BCUT2D eigenvalue weighted by atomic mass is 19.1. The first kappa shape index (κ1) is 13.6. The third-order valence-electron chi connectivity index (χ3n) is 3.42. The summed E-state index contributed by atoms with van der Waals surface area (Å²) in [6.07, 6.45) is 3.35. The van der Waals surface area contributed by atoms with Gasteiger partial charge >= 0.3 is 0 Å². The van der Waals surface area contributed by atoms with Crippen LogP contribution >= 0.6 is 0 Å². The fourth-order valence-electron chi connectivity index (χ4n) is 2.48. The van der Waals surface area contributed by atoms with Crippen LogP contribution in [0.3, 0.4) is 0 Å². The lowest BCUT2D eigenvalue weighted by atomic mass is 9.98. The van der Waals surface area contributed by atoms with Gasteiger partial charge in [0.15, 0.2) is 0 Å². The molecule has 1 N–H and O–H groups in total. The van der Waals surface area contributed by atoms with Gasteiger partial charge in [0.2, 0.25) is 0 Å².